The van der Waals surface area contributed by atoms with Gasteiger partial charge in [-0.3, -0.25) is 4.79 Å². The summed E-state index contributed by atoms with van der Waals surface area (Å²) in [6.45, 7) is 1.11. The summed E-state index contributed by atoms with van der Waals surface area (Å²) in [6, 6.07) is 15.4. The summed E-state index contributed by atoms with van der Waals surface area (Å²) in [5.74, 6) is 1.03. The number of sulfonamides is 1. The lowest BCUT2D eigenvalue weighted by Gasteiger charge is -2.33. The highest BCUT2D eigenvalue weighted by molar-refractivity contribution is 7.89. The fraction of sp³-hybridized carbons (Fsp3) is 0.316. The van der Waals surface area contributed by atoms with Crippen LogP contribution in [0.15, 0.2) is 59.5 Å². The normalized spacial score (nSPS) is 15.4. The Labute approximate surface area is 159 Å². The van der Waals surface area contributed by atoms with Gasteiger partial charge in [0.05, 0.1) is 12.0 Å². The number of carbonyl (C=O) groups is 1. The van der Waals surface area contributed by atoms with Crippen LogP contribution >= 0.6 is 0 Å². The number of rotatable bonds is 6. The van der Waals surface area contributed by atoms with Gasteiger partial charge in [0.2, 0.25) is 10.0 Å². The van der Waals surface area contributed by atoms with Crippen molar-refractivity contribution in [1.82, 2.24) is 9.21 Å². The zero-order chi connectivity index (χ0) is 19.3. The van der Waals surface area contributed by atoms with E-state index in [4.69, 9.17) is 9.47 Å². The smallest absolute Gasteiger partial charge is 0.260 e. The largest absolute Gasteiger partial charge is 0.497 e. The van der Waals surface area contributed by atoms with Crippen molar-refractivity contribution < 1.29 is 22.7 Å². The fourth-order valence-electron chi connectivity index (χ4n) is 2.85. The van der Waals surface area contributed by atoms with Gasteiger partial charge in [-0.1, -0.05) is 24.3 Å². The molecular weight excluding hydrogens is 368 g/mol. The lowest BCUT2D eigenvalue weighted by molar-refractivity contribution is -0.134. The molecule has 144 valence electrons. The van der Waals surface area contributed by atoms with Crippen molar-refractivity contribution in [3.05, 3.63) is 54.6 Å². The van der Waals surface area contributed by atoms with Crippen LogP contribution in [0.3, 0.4) is 0 Å². The first-order valence-electron chi connectivity index (χ1n) is 8.60. The second-order valence-electron chi connectivity index (χ2n) is 6.07. The average molecular weight is 390 g/mol. The number of carbonyl (C=O) groups excluding carboxylic acids is 1. The number of hydrogen-bond acceptors (Lipinski definition) is 5. The monoisotopic (exact) mass is 390 g/mol. The highest BCUT2D eigenvalue weighted by Crippen LogP contribution is 2.20. The molecule has 1 heterocycles. The van der Waals surface area contributed by atoms with Gasteiger partial charge in [0.15, 0.2) is 6.61 Å². The van der Waals surface area contributed by atoms with E-state index in [2.05, 4.69) is 0 Å². The van der Waals surface area contributed by atoms with E-state index >= 15 is 0 Å². The maximum Gasteiger partial charge on any atom is 0.260 e. The minimum Gasteiger partial charge on any atom is -0.497 e. The van der Waals surface area contributed by atoms with Crippen LogP contribution in [0.2, 0.25) is 0 Å². The lowest BCUT2D eigenvalue weighted by atomic mass is 10.3. The minimum atomic E-state index is -3.52. The van der Waals surface area contributed by atoms with Crippen LogP contribution in [0, 0.1) is 0 Å². The van der Waals surface area contributed by atoms with Crippen LogP contribution in [0.4, 0.5) is 0 Å². The van der Waals surface area contributed by atoms with E-state index < -0.39 is 10.0 Å². The molecule has 2 aromatic rings. The number of amides is 1. The van der Waals surface area contributed by atoms with Gasteiger partial charge < -0.3 is 14.4 Å². The SMILES string of the molecule is COc1cccc(OCC(=O)N2CCN(S(=O)(=O)c3ccccc3)CC2)c1. The molecule has 0 bridgehead atoms. The number of ether oxygens (including phenoxy) is 2. The molecule has 0 spiro atoms. The lowest BCUT2D eigenvalue weighted by Crippen LogP contribution is -2.51. The van der Waals surface area contributed by atoms with E-state index in [-0.39, 0.29) is 30.5 Å². The number of benzene rings is 2. The summed E-state index contributed by atoms with van der Waals surface area (Å²) in [7, 11) is -1.96. The molecule has 0 saturated carbocycles. The number of nitrogens with zero attached hydrogens (tertiary/aromatic N) is 2. The minimum absolute atomic E-state index is 0.0986. The molecule has 0 aromatic heterocycles. The molecule has 2 aromatic carbocycles. The number of hydrogen-bond donors (Lipinski definition) is 0. The summed E-state index contributed by atoms with van der Waals surface area (Å²) in [6.07, 6.45) is 0. The third kappa shape index (κ3) is 4.58. The van der Waals surface area contributed by atoms with Crippen LogP contribution in [0.5, 0.6) is 11.5 Å². The topological polar surface area (TPSA) is 76.2 Å². The van der Waals surface area contributed by atoms with Crippen LogP contribution < -0.4 is 9.47 Å². The molecule has 0 N–H and O–H groups in total. The number of piperazine rings is 1. The summed E-state index contributed by atoms with van der Waals surface area (Å²) < 4.78 is 37.3. The molecule has 1 aliphatic heterocycles. The Balaban J connectivity index is 1.53. The molecule has 27 heavy (non-hydrogen) atoms. The van der Waals surface area contributed by atoms with Crippen LogP contribution in [0.25, 0.3) is 0 Å². The fourth-order valence-corrected chi connectivity index (χ4v) is 4.29. The van der Waals surface area contributed by atoms with Gasteiger partial charge in [0.25, 0.3) is 5.91 Å². The highest BCUT2D eigenvalue weighted by Gasteiger charge is 2.30. The van der Waals surface area contributed by atoms with Crippen molar-refractivity contribution in [3.63, 3.8) is 0 Å². The molecule has 1 fully saturated rings. The van der Waals surface area contributed by atoms with Gasteiger partial charge in [0, 0.05) is 32.2 Å². The van der Waals surface area contributed by atoms with E-state index in [1.807, 2.05) is 0 Å². The van der Waals surface area contributed by atoms with Crippen LogP contribution in [-0.2, 0) is 14.8 Å². The number of methoxy groups -OCH3 is 1. The van der Waals surface area contributed by atoms with Crippen molar-refractivity contribution in [3.8, 4) is 11.5 Å². The van der Waals surface area contributed by atoms with Gasteiger partial charge in [0.1, 0.15) is 11.5 Å². The molecule has 7 nitrogen and oxygen atoms in total. The predicted octanol–water partition coefficient (Wildman–Crippen LogP) is 1.61. The van der Waals surface area contributed by atoms with Gasteiger partial charge >= 0.3 is 0 Å². The van der Waals surface area contributed by atoms with Gasteiger partial charge in [-0.2, -0.15) is 4.31 Å². The third-order valence-corrected chi connectivity index (χ3v) is 6.29. The molecule has 1 amide bonds. The third-order valence-electron chi connectivity index (χ3n) is 4.38. The Morgan fingerprint density at radius 2 is 1.63 bits per heavy atom. The first kappa shape index (κ1) is 19.2. The van der Waals surface area contributed by atoms with Crippen molar-refractivity contribution >= 4 is 15.9 Å². The molecule has 1 saturated heterocycles. The van der Waals surface area contributed by atoms with E-state index in [1.54, 1.807) is 66.6 Å². The first-order valence-corrected chi connectivity index (χ1v) is 10.0. The molecule has 0 atom stereocenters. The van der Waals surface area contributed by atoms with Gasteiger partial charge in [-0.15, -0.1) is 0 Å². The van der Waals surface area contributed by atoms with E-state index in [0.717, 1.165) is 0 Å². The second-order valence-corrected chi connectivity index (χ2v) is 8.00. The van der Waals surface area contributed by atoms with Crippen molar-refractivity contribution in [1.29, 1.82) is 0 Å². The Morgan fingerprint density at radius 3 is 2.30 bits per heavy atom. The van der Waals surface area contributed by atoms with Crippen molar-refractivity contribution in [2.75, 3.05) is 39.9 Å². The summed E-state index contributed by atoms with van der Waals surface area (Å²) in [5, 5.41) is 0. The molecule has 3 rings (SSSR count). The quantitative estimate of drug-likeness (QED) is 0.749. The molecule has 1 aliphatic rings. The first-order chi connectivity index (χ1) is 13.0. The second kappa shape index (κ2) is 8.41. The Morgan fingerprint density at radius 1 is 0.963 bits per heavy atom. The molecule has 0 radical (unpaired) electrons. The van der Waals surface area contributed by atoms with E-state index in [9.17, 15) is 13.2 Å². The maximum atomic E-state index is 12.6. The maximum absolute atomic E-state index is 12.6. The van der Waals surface area contributed by atoms with Crippen molar-refractivity contribution in [2.45, 2.75) is 4.90 Å². The van der Waals surface area contributed by atoms with Gasteiger partial charge in [-0.25, -0.2) is 8.42 Å². The Hall–Kier alpha value is -2.58. The molecule has 0 unspecified atom stereocenters. The highest BCUT2D eigenvalue weighted by atomic mass is 32.2. The Bertz CT molecular complexity index is 878. The Kier molecular flexibility index (Phi) is 5.98. The van der Waals surface area contributed by atoms with Crippen molar-refractivity contribution in [2.24, 2.45) is 0 Å². The predicted molar refractivity (Wildman–Crippen MR) is 100 cm³/mol. The van der Waals surface area contributed by atoms with E-state index in [0.29, 0.717) is 24.6 Å². The van der Waals surface area contributed by atoms with Gasteiger partial charge in [-0.05, 0) is 24.3 Å². The van der Waals surface area contributed by atoms with Crippen LogP contribution in [-0.4, -0.2) is 63.4 Å². The van der Waals surface area contributed by atoms with Crippen LogP contribution in [0.1, 0.15) is 0 Å². The summed E-state index contributed by atoms with van der Waals surface area (Å²) in [4.78, 5) is 14.2. The van der Waals surface area contributed by atoms with E-state index in [1.165, 1.54) is 4.31 Å². The molecule has 8 heteroatoms. The zero-order valence-electron chi connectivity index (χ0n) is 15.1. The zero-order valence-corrected chi connectivity index (χ0v) is 15.9. The molecular formula is C19H22N2O5S. The summed E-state index contributed by atoms with van der Waals surface area (Å²) in [5.41, 5.74) is 0. The standard InChI is InChI=1S/C19H22N2O5S/c1-25-16-6-5-7-17(14-16)26-15-19(22)20-10-12-21(13-11-20)27(23,24)18-8-3-2-4-9-18/h2-9,14H,10-13,15H2,1H3. The average Bonchev–Trinajstić information content (AvgIpc) is 2.73. The molecule has 0 aliphatic carbocycles. The summed E-state index contributed by atoms with van der Waals surface area (Å²) >= 11 is 0.